The van der Waals surface area contributed by atoms with Crippen LogP contribution >= 0.6 is 27.7 Å². The molecule has 98 valence electrons. The Bertz CT molecular complexity index is 531. The average molecular weight is 337 g/mol. The molecule has 1 amide bonds. The first-order valence-electron chi connectivity index (χ1n) is 5.77. The molecular formula is C14H13BrN2OS. The Hall–Kier alpha value is -1.33. The van der Waals surface area contributed by atoms with Crippen molar-refractivity contribution in [2.45, 2.75) is 5.75 Å². The van der Waals surface area contributed by atoms with Gasteiger partial charge in [-0.2, -0.15) is 0 Å². The number of nitrogens with one attached hydrogen (secondary N) is 1. The van der Waals surface area contributed by atoms with E-state index < -0.39 is 0 Å². The maximum Gasteiger partial charge on any atom is 0.235 e. The van der Waals surface area contributed by atoms with Crippen LogP contribution in [0.4, 0.5) is 5.82 Å². The molecule has 0 saturated heterocycles. The smallest absolute Gasteiger partial charge is 0.235 e. The predicted molar refractivity (Wildman–Crippen MR) is 83.2 cm³/mol. The number of amides is 1. The summed E-state index contributed by atoms with van der Waals surface area (Å²) in [6.07, 6.45) is 1.66. The van der Waals surface area contributed by atoms with Crippen LogP contribution in [0.5, 0.6) is 0 Å². The quantitative estimate of drug-likeness (QED) is 0.904. The molecule has 3 nitrogen and oxygen atoms in total. The molecule has 2 aromatic rings. The summed E-state index contributed by atoms with van der Waals surface area (Å²) in [5.74, 6) is 1.80. The number of carbonyl (C=O) groups excluding carboxylic acids is 1. The highest BCUT2D eigenvalue weighted by Crippen LogP contribution is 2.13. The number of aromatic nitrogens is 1. The van der Waals surface area contributed by atoms with Gasteiger partial charge in [-0.15, -0.1) is 11.8 Å². The van der Waals surface area contributed by atoms with Crippen LogP contribution in [-0.2, 0) is 10.5 Å². The maximum absolute atomic E-state index is 11.7. The molecule has 0 atom stereocenters. The van der Waals surface area contributed by atoms with E-state index in [1.807, 2.05) is 24.3 Å². The van der Waals surface area contributed by atoms with E-state index in [9.17, 15) is 4.79 Å². The van der Waals surface area contributed by atoms with Crippen LogP contribution in [0.25, 0.3) is 0 Å². The summed E-state index contributed by atoms with van der Waals surface area (Å²) >= 11 is 4.89. The molecule has 1 aromatic carbocycles. The molecule has 0 fully saturated rings. The lowest BCUT2D eigenvalue weighted by molar-refractivity contribution is -0.113. The van der Waals surface area contributed by atoms with E-state index in [-0.39, 0.29) is 5.91 Å². The molecule has 0 bridgehead atoms. The lowest BCUT2D eigenvalue weighted by Crippen LogP contribution is -2.15. The fourth-order valence-corrected chi connectivity index (χ4v) is 2.49. The van der Waals surface area contributed by atoms with E-state index in [1.165, 1.54) is 5.56 Å². The molecule has 0 aliphatic heterocycles. The van der Waals surface area contributed by atoms with Gasteiger partial charge < -0.3 is 5.32 Å². The highest BCUT2D eigenvalue weighted by atomic mass is 79.9. The fraction of sp³-hybridized carbons (Fsp3) is 0.143. The molecular weight excluding hydrogens is 324 g/mol. The van der Waals surface area contributed by atoms with Crippen LogP contribution in [0.3, 0.4) is 0 Å². The van der Waals surface area contributed by atoms with Gasteiger partial charge in [0.2, 0.25) is 5.91 Å². The summed E-state index contributed by atoms with van der Waals surface area (Å²) in [7, 11) is 0. The molecule has 0 spiro atoms. The summed E-state index contributed by atoms with van der Waals surface area (Å²) in [5.41, 5.74) is 1.22. The number of thioether (sulfide) groups is 1. The van der Waals surface area contributed by atoms with Gasteiger partial charge in [0.25, 0.3) is 0 Å². The number of rotatable bonds is 5. The normalized spacial score (nSPS) is 10.2. The second-order valence-electron chi connectivity index (χ2n) is 3.89. The number of nitrogens with zero attached hydrogens (tertiary/aromatic N) is 1. The number of anilines is 1. The highest BCUT2D eigenvalue weighted by Gasteiger charge is 2.03. The molecule has 5 heteroatoms. The topological polar surface area (TPSA) is 42.0 Å². The standard InChI is InChI=1S/C14H13BrN2OS/c15-12-6-7-13(16-8-12)17-14(18)10-19-9-11-4-2-1-3-5-11/h1-8H,9-10H2,(H,16,17,18). The van der Waals surface area contributed by atoms with E-state index in [2.05, 4.69) is 38.4 Å². The zero-order valence-corrected chi connectivity index (χ0v) is 12.6. The molecule has 1 N–H and O–H groups in total. The summed E-state index contributed by atoms with van der Waals surface area (Å²) in [6.45, 7) is 0. The van der Waals surface area contributed by atoms with Gasteiger partial charge in [0, 0.05) is 16.4 Å². The Balaban J connectivity index is 1.74. The summed E-state index contributed by atoms with van der Waals surface area (Å²) in [4.78, 5) is 15.8. The maximum atomic E-state index is 11.7. The first kappa shape index (κ1) is 14.1. The molecule has 0 aliphatic carbocycles. The van der Waals surface area contributed by atoms with Crippen molar-refractivity contribution < 1.29 is 4.79 Å². The lowest BCUT2D eigenvalue weighted by Gasteiger charge is -2.04. The first-order valence-corrected chi connectivity index (χ1v) is 7.72. The van der Waals surface area contributed by atoms with E-state index in [4.69, 9.17) is 0 Å². The molecule has 2 rings (SSSR count). The molecule has 0 aliphatic rings. The monoisotopic (exact) mass is 336 g/mol. The number of hydrogen-bond acceptors (Lipinski definition) is 3. The van der Waals surface area contributed by atoms with Gasteiger partial charge in [0.15, 0.2) is 0 Å². The lowest BCUT2D eigenvalue weighted by atomic mass is 10.2. The van der Waals surface area contributed by atoms with Crippen LogP contribution in [0.15, 0.2) is 53.1 Å². The Labute approximate surface area is 125 Å². The third-order valence-electron chi connectivity index (χ3n) is 2.34. The molecule has 1 aromatic heterocycles. The first-order chi connectivity index (χ1) is 9.24. The zero-order valence-electron chi connectivity index (χ0n) is 10.2. The Morgan fingerprint density at radius 2 is 2.00 bits per heavy atom. The minimum atomic E-state index is -0.0317. The van der Waals surface area contributed by atoms with Crippen molar-refractivity contribution in [1.29, 1.82) is 0 Å². The zero-order chi connectivity index (χ0) is 13.5. The van der Waals surface area contributed by atoms with Crippen molar-refractivity contribution in [2.24, 2.45) is 0 Å². The van der Waals surface area contributed by atoms with Crippen molar-refractivity contribution in [3.8, 4) is 0 Å². The number of benzene rings is 1. The molecule has 0 radical (unpaired) electrons. The second kappa shape index (κ2) is 7.31. The third-order valence-corrected chi connectivity index (χ3v) is 3.81. The van der Waals surface area contributed by atoms with Crippen LogP contribution in [-0.4, -0.2) is 16.6 Å². The van der Waals surface area contributed by atoms with Gasteiger partial charge in [0.1, 0.15) is 5.82 Å². The van der Waals surface area contributed by atoms with Crippen molar-refractivity contribution in [1.82, 2.24) is 4.98 Å². The fourth-order valence-electron chi connectivity index (χ4n) is 1.46. The van der Waals surface area contributed by atoms with Crippen molar-refractivity contribution in [3.05, 3.63) is 58.7 Å². The Morgan fingerprint density at radius 3 is 2.68 bits per heavy atom. The van der Waals surface area contributed by atoms with Gasteiger partial charge in [-0.3, -0.25) is 4.79 Å². The van der Waals surface area contributed by atoms with Crippen molar-refractivity contribution in [3.63, 3.8) is 0 Å². The largest absolute Gasteiger partial charge is 0.310 e. The predicted octanol–water partition coefficient (Wildman–Crippen LogP) is 3.72. The minimum absolute atomic E-state index is 0.0317. The van der Waals surface area contributed by atoms with E-state index >= 15 is 0 Å². The SMILES string of the molecule is O=C(CSCc1ccccc1)Nc1ccc(Br)cn1. The molecule has 1 heterocycles. The molecule has 0 unspecified atom stereocenters. The highest BCUT2D eigenvalue weighted by molar-refractivity contribution is 9.10. The number of carbonyl (C=O) groups is 1. The van der Waals surface area contributed by atoms with Crippen LogP contribution in [0.1, 0.15) is 5.56 Å². The van der Waals surface area contributed by atoms with Crippen molar-refractivity contribution in [2.75, 3.05) is 11.1 Å². The van der Waals surface area contributed by atoms with Gasteiger partial charge in [-0.25, -0.2) is 4.98 Å². The van der Waals surface area contributed by atoms with Crippen LogP contribution in [0, 0.1) is 0 Å². The van der Waals surface area contributed by atoms with Crippen LogP contribution < -0.4 is 5.32 Å². The van der Waals surface area contributed by atoms with Gasteiger partial charge in [0.05, 0.1) is 5.75 Å². The van der Waals surface area contributed by atoms with Gasteiger partial charge in [-0.1, -0.05) is 30.3 Å². The third kappa shape index (κ3) is 5.04. The molecule has 19 heavy (non-hydrogen) atoms. The Morgan fingerprint density at radius 1 is 1.21 bits per heavy atom. The number of pyridine rings is 1. The van der Waals surface area contributed by atoms with Gasteiger partial charge >= 0.3 is 0 Å². The van der Waals surface area contributed by atoms with Gasteiger partial charge in [-0.05, 0) is 33.6 Å². The number of hydrogen-bond donors (Lipinski definition) is 1. The van der Waals surface area contributed by atoms with E-state index in [0.29, 0.717) is 11.6 Å². The summed E-state index contributed by atoms with van der Waals surface area (Å²) in [6, 6.07) is 13.7. The van der Waals surface area contributed by atoms with Crippen LogP contribution in [0.2, 0.25) is 0 Å². The minimum Gasteiger partial charge on any atom is -0.310 e. The summed E-state index contributed by atoms with van der Waals surface area (Å²) in [5, 5.41) is 2.76. The second-order valence-corrected chi connectivity index (χ2v) is 5.79. The summed E-state index contributed by atoms with van der Waals surface area (Å²) < 4.78 is 0.893. The van der Waals surface area contributed by atoms with Crippen molar-refractivity contribution >= 4 is 39.4 Å². The molecule has 0 saturated carbocycles. The number of halogens is 1. The Kier molecular flexibility index (Phi) is 5.42. The average Bonchev–Trinajstić information content (AvgIpc) is 2.43. The van der Waals surface area contributed by atoms with E-state index in [0.717, 1.165) is 10.2 Å². The van der Waals surface area contributed by atoms with E-state index in [1.54, 1.807) is 24.0 Å².